The van der Waals surface area contributed by atoms with Crippen molar-refractivity contribution in [3.8, 4) is 0 Å². The van der Waals surface area contributed by atoms with Crippen LogP contribution in [0.5, 0.6) is 0 Å². The minimum atomic E-state index is -1.57. The van der Waals surface area contributed by atoms with E-state index in [-0.39, 0.29) is 0 Å². The van der Waals surface area contributed by atoms with Crippen molar-refractivity contribution < 1.29 is 0 Å². The first kappa shape index (κ1) is 28.7. The van der Waals surface area contributed by atoms with Gasteiger partial charge in [0, 0.05) is 0 Å². The van der Waals surface area contributed by atoms with Gasteiger partial charge in [-0.3, -0.25) is 0 Å². The second-order valence-electron chi connectivity index (χ2n) is 9.55. The first-order valence-corrected chi connectivity index (χ1v) is 23.8. The van der Waals surface area contributed by atoms with Crippen LogP contribution in [0.4, 0.5) is 0 Å². The number of aryl methyl sites for hydroxylation is 4. The maximum atomic E-state index is 6.71. The number of rotatable bonds is 14. The van der Waals surface area contributed by atoms with E-state index in [4.69, 9.17) is 23.6 Å². The Hall–Kier alpha value is -1.30. The Morgan fingerprint density at radius 3 is 0.811 bits per heavy atom. The average Bonchev–Trinajstić information content (AvgIpc) is 2.95. The van der Waals surface area contributed by atoms with Crippen LogP contribution in [0.2, 0.25) is 0 Å². The van der Waals surface area contributed by atoms with E-state index in [0.717, 1.165) is 50.3 Å². The van der Waals surface area contributed by atoms with Gasteiger partial charge in [-0.25, -0.2) is 0 Å². The molecule has 0 bridgehead atoms. The van der Waals surface area contributed by atoms with E-state index in [1.165, 1.54) is 22.3 Å². The molecule has 0 nitrogen and oxygen atoms in total. The predicted octanol–water partition coefficient (Wildman–Crippen LogP) is 8.45. The fourth-order valence-corrected chi connectivity index (χ4v) is 44.5. The van der Waals surface area contributed by atoms with Gasteiger partial charge in [-0.15, -0.1) is 0 Å². The van der Waals surface area contributed by atoms with Crippen LogP contribution in [0, 0.1) is 0 Å². The van der Waals surface area contributed by atoms with Crippen LogP contribution in [0.15, 0.2) is 121 Å². The van der Waals surface area contributed by atoms with E-state index < -0.39 is 9.45 Å². The zero-order valence-corrected chi connectivity index (χ0v) is 26.5. The van der Waals surface area contributed by atoms with Crippen molar-refractivity contribution in [3.63, 3.8) is 0 Å². The summed E-state index contributed by atoms with van der Waals surface area (Å²) in [5, 5.41) is 0. The average molecular weight is 626 g/mol. The van der Waals surface area contributed by atoms with Gasteiger partial charge in [0.05, 0.1) is 0 Å². The second-order valence-corrected chi connectivity index (χ2v) is 34.5. The van der Waals surface area contributed by atoms with Gasteiger partial charge in [0.2, 0.25) is 0 Å². The molecule has 0 aliphatic carbocycles. The molecule has 37 heavy (non-hydrogen) atoms. The summed E-state index contributed by atoms with van der Waals surface area (Å²) in [5.41, 5.74) is 5.64. The molecule has 0 atom stereocenters. The van der Waals surface area contributed by atoms with E-state index in [0.29, 0.717) is 14.1 Å². The number of hydrogen-bond acceptors (Lipinski definition) is 2. The van der Waals surface area contributed by atoms with Crippen molar-refractivity contribution in [1.29, 1.82) is 0 Å². The van der Waals surface area contributed by atoms with Crippen molar-refractivity contribution in [2.75, 3.05) is 24.6 Å². The quantitative estimate of drug-likeness (QED) is 0.102. The molecule has 4 aromatic carbocycles. The van der Waals surface area contributed by atoms with Crippen molar-refractivity contribution in [2.45, 2.75) is 25.7 Å². The molecule has 0 aliphatic rings. The Kier molecular flexibility index (Phi) is 11.4. The van der Waals surface area contributed by atoms with Gasteiger partial charge < -0.3 is 0 Å². The summed E-state index contributed by atoms with van der Waals surface area (Å²) in [4.78, 5) is 0. The van der Waals surface area contributed by atoms with Gasteiger partial charge >= 0.3 is 241 Å². The van der Waals surface area contributed by atoms with Crippen molar-refractivity contribution in [2.24, 2.45) is 0 Å². The zero-order valence-electron chi connectivity index (χ0n) is 21.3. The zero-order chi connectivity index (χ0) is 25.8. The predicted molar refractivity (Wildman–Crippen MR) is 174 cm³/mol. The van der Waals surface area contributed by atoms with Gasteiger partial charge in [-0.2, -0.15) is 0 Å². The molecule has 0 radical (unpaired) electrons. The molecular weight excluding hydrogens is 589 g/mol. The standard InChI is InChI=1S/C32H36P2S2Se/c35-33(25-21-29-13-5-1-6-14-29,26-22-30-15-7-2-8-16-30)37-34(36,27-23-31-17-9-3-10-18-31)28-24-32-19-11-4-12-20-32/h1-20H,21-28H2. The van der Waals surface area contributed by atoms with Crippen LogP contribution in [0.1, 0.15) is 22.3 Å². The summed E-state index contributed by atoms with van der Waals surface area (Å²) < 4.78 is -3.15. The minimum absolute atomic E-state index is 0.359. The molecule has 0 fully saturated rings. The Morgan fingerprint density at radius 2 is 0.595 bits per heavy atom. The van der Waals surface area contributed by atoms with Crippen LogP contribution in [0.25, 0.3) is 0 Å². The molecule has 192 valence electrons. The molecule has 0 heterocycles. The summed E-state index contributed by atoms with van der Waals surface area (Å²) in [7, 11) is 0. The van der Waals surface area contributed by atoms with Gasteiger partial charge in [0.1, 0.15) is 0 Å². The fraction of sp³-hybridized carbons (Fsp3) is 0.250. The third-order valence-corrected chi connectivity index (χ3v) is 36.9. The SMILES string of the molecule is S=P(CCc1ccccc1)(CCc1ccccc1)[Se]P(=S)(CCc1ccccc1)CCc1ccccc1. The first-order chi connectivity index (χ1) is 18.0. The van der Waals surface area contributed by atoms with Gasteiger partial charge in [-0.05, 0) is 0 Å². The van der Waals surface area contributed by atoms with Crippen LogP contribution in [-0.4, -0.2) is 38.7 Å². The van der Waals surface area contributed by atoms with Gasteiger partial charge in [-0.1, -0.05) is 0 Å². The van der Waals surface area contributed by atoms with Crippen LogP contribution in [-0.2, 0) is 49.3 Å². The maximum absolute atomic E-state index is 6.71. The topological polar surface area (TPSA) is 0 Å². The van der Waals surface area contributed by atoms with Crippen molar-refractivity contribution in [1.82, 2.24) is 0 Å². The molecular formula is C32H36P2S2Se. The Morgan fingerprint density at radius 1 is 0.378 bits per heavy atom. The number of hydrogen-bond donors (Lipinski definition) is 0. The molecule has 4 rings (SSSR count). The van der Waals surface area contributed by atoms with E-state index in [9.17, 15) is 0 Å². The molecule has 5 heteroatoms. The molecule has 0 aliphatic heterocycles. The molecule has 0 spiro atoms. The molecule has 0 aromatic heterocycles. The number of benzene rings is 4. The molecule has 0 N–H and O–H groups in total. The third kappa shape index (κ3) is 10.1. The Bertz CT molecular complexity index is 1100. The third-order valence-electron chi connectivity index (χ3n) is 6.63. The molecule has 0 saturated heterocycles. The summed E-state index contributed by atoms with van der Waals surface area (Å²) in [6.07, 6.45) is 8.93. The van der Waals surface area contributed by atoms with Crippen LogP contribution in [0.3, 0.4) is 0 Å². The normalized spacial score (nSPS) is 11.9. The molecule has 0 unspecified atom stereocenters. The second kappa shape index (κ2) is 14.7. The van der Waals surface area contributed by atoms with E-state index in [2.05, 4.69) is 121 Å². The van der Waals surface area contributed by atoms with Crippen molar-refractivity contribution in [3.05, 3.63) is 144 Å². The molecule has 0 amide bonds. The van der Waals surface area contributed by atoms with E-state index in [1.54, 1.807) is 0 Å². The monoisotopic (exact) mass is 626 g/mol. The summed E-state index contributed by atoms with van der Waals surface area (Å²) in [6, 6.07) is 43.7. The van der Waals surface area contributed by atoms with Gasteiger partial charge in [0.15, 0.2) is 0 Å². The van der Waals surface area contributed by atoms with Gasteiger partial charge in [0.25, 0.3) is 0 Å². The van der Waals surface area contributed by atoms with E-state index in [1.807, 2.05) is 0 Å². The summed E-state index contributed by atoms with van der Waals surface area (Å²) >= 11 is 13.8. The van der Waals surface area contributed by atoms with Crippen molar-refractivity contribution >= 4 is 47.1 Å². The fourth-order valence-electron chi connectivity index (χ4n) is 4.43. The van der Waals surface area contributed by atoms with E-state index >= 15 is 0 Å². The van der Waals surface area contributed by atoms with Crippen LogP contribution < -0.4 is 0 Å². The molecule has 0 saturated carbocycles. The summed E-state index contributed by atoms with van der Waals surface area (Å²) in [5.74, 6) is 0. The molecule has 4 aromatic rings. The van der Waals surface area contributed by atoms with Crippen LogP contribution >= 0.6 is 9.45 Å². The Balaban J connectivity index is 1.54. The summed E-state index contributed by atoms with van der Waals surface area (Å²) in [6.45, 7) is 0. The Labute approximate surface area is 239 Å². The first-order valence-electron chi connectivity index (χ1n) is 13.1.